The molecule has 0 aliphatic carbocycles. The molecule has 0 bridgehead atoms. The number of primary amides is 1. The third-order valence-corrected chi connectivity index (χ3v) is 3.42. The first-order chi connectivity index (χ1) is 9.08. The maximum Gasteiger partial charge on any atom is 0.314 e. The van der Waals surface area contributed by atoms with E-state index in [0.29, 0.717) is 25.9 Å². The zero-order valence-corrected chi connectivity index (χ0v) is 11.4. The van der Waals surface area contributed by atoms with Crippen LogP contribution in [0, 0.1) is 18.3 Å². The van der Waals surface area contributed by atoms with Gasteiger partial charge >= 0.3 is 12.0 Å². The van der Waals surface area contributed by atoms with Crippen molar-refractivity contribution in [3.63, 3.8) is 0 Å². The van der Waals surface area contributed by atoms with Crippen molar-refractivity contribution < 1.29 is 14.3 Å². The summed E-state index contributed by atoms with van der Waals surface area (Å²) in [6, 6.07) is -0.475. The van der Waals surface area contributed by atoms with Crippen molar-refractivity contribution in [2.75, 3.05) is 13.1 Å². The zero-order chi connectivity index (χ0) is 14.3. The van der Waals surface area contributed by atoms with Gasteiger partial charge in [0.2, 0.25) is 0 Å². The average Bonchev–Trinajstić information content (AvgIpc) is 2.43. The largest absolute Gasteiger partial charge is 0.462 e. The van der Waals surface area contributed by atoms with Gasteiger partial charge < -0.3 is 15.4 Å². The van der Waals surface area contributed by atoms with E-state index in [1.807, 2.05) is 6.92 Å². The van der Waals surface area contributed by atoms with E-state index in [-0.39, 0.29) is 18.0 Å². The Hall–Kier alpha value is -1.70. The minimum atomic E-state index is -0.475. The highest BCUT2D eigenvalue weighted by atomic mass is 16.5. The monoisotopic (exact) mass is 266 g/mol. The molecule has 0 unspecified atom stereocenters. The minimum absolute atomic E-state index is 0.132. The van der Waals surface area contributed by atoms with Crippen molar-refractivity contribution in [1.82, 2.24) is 4.90 Å². The number of nitrogens with zero attached hydrogens (tertiary/aromatic N) is 1. The molecule has 0 aromatic carbocycles. The number of piperidine rings is 1. The van der Waals surface area contributed by atoms with Crippen molar-refractivity contribution in [1.29, 1.82) is 0 Å². The van der Waals surface area contributed by atoms with E-state index in [4.69, 9.17) is 16.9 Å². The van der Waals surface area contributed by atoms with Crippen LogP contribution in [-0.4, -0.2) is 36.1 Å². The molecule has 2 atom stereocenters. The smallest absolute Gasteiger partial charge is 0.314 e. The number of likely N-dealkylation sites (tertiary alicyclic amines) is 1. The number of amides is 2. The number of esters is 1. The van der Waals surface area contributed by atoms with Crippen LogP contribution in [0.2, 0.25) is 0 Å². The molecule has 19 heavy (non-hydrogen) atoms. The van der Waals surface area contributed by atoms with E-state index in [0.717, 1.165) is 19.3 Å². The van der Waals surface area contributed by atoms with Gasteiger partial charge in [-0.3, -0.25) is 4.79 Å². The molecule has 1 heterocycles. The van der Waals surface area contributed by atoms with E-state index in [1.54, 1.807) is 0 Å². The summed E-state index contributed by atoms with van der Waals surface area (Å²) in [5.41, 5.74) is 5.24. The number of nitrogens with two attached hydrogens (primary N) is 1. The number of rotatable bonds is 5. The minimum Gasteiger partial charge on any atom is -0.462 e. The highest BCUT2D eigenvalue weighted by Gasteiger charge is 2.29. The van der Waals surface area contributed by atoms with Gasteiger partial charge in [-0.05, 0) is 25.7 Å². The van der Waals surface area contributed by atoms with Crippen molar-refractivity contribution >= 4 is 12.0 Å². The molecule has 1 fully saturated rings. The molecule has 0 aromatic rings. The molecule has 5 heteroatoms. The molecule has 0 radical (unpaired) electrons. The predicted octanol–water partition coefficient (Wildman–Crippen LogP) is 1.51. The normalized spacial score (nSPS) is 20.4. The maximum absolute atomic E-state index is 12.0. The Morgan fingerprint density at radius 2 is 2.32 bits per heavy atom. The van der Waals surface area contributed by atoms with Gasteiger partial charge in [-0.15, -0.1) is 12.3 Å². The highest BCUT2D eigenvalue weighted by Crippen LogP contribution is 2.19. The fourth-order valence-electron chi connectivity index (χ4n) is 2.22. The second kappa shape index (κ2) is 7.67. The Morgan fingerprint density at radius 3 is 2.89 bits per heavy atom. The van der Waals surface area contributed by atoms with E-state index < -0.39 is 6.03 Å². The van der Waals surface area contributed by atoms with Crippen LogP contribution < -0.4 is 5.73 Å². The predicted molar refractivity (Wildman–Crippen MR) is 72.1 cm³/mol. The molecule has 0 saturated carbocycles. The van der Waals surface area contributed by atoms with Crippen LogP contribution in [0.4, 0.5) is 4.79 Å². The molecule has 5 nitrogen and oxygen atoms in total. The Kier molecular flexibility index (Phi) is 6.20. The molecular weight excluding hydrogens is 244 g/mol. The van der Waals surface area contributed by atoms with Crippen LogP contribution >= 0.6 is 0 Å². The van der Waals surface area contributed by atoms with Crippen molar-refractivity contribution in [2.45, 2.75) is 45.1 Å². The van der Waals surface area contributed by atoms with Gasteiger partial charge in [0.1, 0.15) is 6.10 Å². The molecule has 1 aliphatic rings. The Labute approximate surface area is 114 Å². The summed E-state index contributed by atoms with van der Waals surface area (Å²) >= 11 is 0. The summed E-state index contributed by atoms with van der Waals surface area (Å²) in [4.78, 5) is 24.7. The van der Waals surface area contributed by atoms with Gasteiger partial charge in [0.15, 0.2) is 0 Å². The van der Waals surface area contributed by atoms with Crippen LogP contribution in [0.25, 0.3) is 0 Å². The molecule has 0 spiro atoms. The molecule has 1 rings (SSSR count). The second-order valence-corrected chi connectivity index (χ2v) is 4.83. The first kappa shape index (κ1) is 15.4. The maximum atomic E-state index is 12.0. The summed E-state index contributed by atoms with van der Waals surface area (Å²) in [5, 5.41) is 0. The SMILES string of the molecule is C#CCC[C@@H](CC)OC(=O)[C@@H]1CCCN(C(N)=O)C1. The lowest BCUT2D eigenvalue weighted by molar-refractivity contribution is -0.156. The van der Waals surface area contributed by atoms with E-state index >= 15 is 0 Å². The summed E-state index contributed by atoms with van der Waals surface area (Å²) in [5.74, 6) is 2.04. The first-order valence-electron chi connectivity index (χ1n) is 6.76. The second-order valence-electron chi connectivity index (χ2n) is 4.83. The summed E-state index contributed by atoms with van der Waals surface area (Å²) in [6.45, 7) is 2.94. The highest BCUT2D eigenvalue weighted by molar-refractivity contribution is 5.76. The average molecular weight is 266 g/mol. The van der Waals surface area contributed by atoms with Gasteiger partial charge in [0.05, 0.1) is 5.92 Å². The lowest BCUT2D eigenvalue weighted by Crippen LogP contribution is -2.45. The quantitative estimate of drug-likeness (QED) is 0.605. The third kappa shape index (κ3) is 4.82. The van der Waals surface area contributed by atoms with Gasteiger partial charge in [-0.2, -0.15) is 0 Å². The van der Waals surface area contributed by atoms with E-state index in [9.17, 15) is 9.59 Å². The lowest BCUT2D eigenvalue weighted by atomic mass is 9.98. The Balaban J connectivity index is 2.47. The lowest BCUT2D eigenvalue weighted by Gasteiger charge is -2.31. The molecular formula is C14H22N2O3. The van der Waals surface area contributed by atoms with Crippen LogP contribution in [0.5, 0.6) is 0 Å². The number of hydrogen-bond donors (Lipinski definition) is 1. The van der Waals surface area contributed by atoms with Gasteiger partial charge in [-0.1, -0.05) is 6.92 Å². The van der Waals surface area contributed by atoms with Crippen molar-refractivity contribution in [3.05, 3.63) is 0 Å². The first-order valence-corrected chi connectivity index (χ1v) is 6.76. The number of terminal acetylenes is 1. The van der Waals surface area contributed by atoms with E-state index in [1.165, 1.54) is 4.90 Å². The summed E-state index contributed by atoms with van der Waals surface area (Å²) < 4.78 is 5.46. The number of carbonyl (C=O) groups is 2. The van der Waals surface area contributed by atoms with E-state index in [2.05, 4.69) is 5.92 Å². The number of hydrogen-bond acceptors (Lipinski definition) is 3. The van der Waals surface area contributed by atoms with Gasteiger partial charge in [0, 0.05) is 19.5 Å². The fourth-order valence-corrected chi connectivity index (χ4v) is 2.22. The van der Waals surface area contributed by atoms with Crippen LogP contribution in [0.15, 0.2) is 0 Å². The number of ether oxygens (including phenoxy) is 1. The molecule has 1 saturated heterocycles. The molecule has 106 valence electrons. The zero-order valence-electron chi connectivity index (χ0n) is 11.4. The van der Waals surface area contributed by atoms with Crippen molar-refractivity contribution in [2.24, 2.45) is 11.7 Å². The molecule has 0 aromatic heterocycles. The van der Waals surface area contributed by atoms with Crippen LogP contribution in [-0.2, 0) is 9.53 Å². The fraction of sp³-hybridized carbons (Fsp3) is 0.714. The van der Waals surface area contributed by atoms with Gasteiger partial charge in [0.25, 0.3) is 0 Å². The third-order valence-electron chi connectivity index (χ3n) is 3.42. The van der Waals surface area contributed by atoms with Gasteiger partial charge in [-0.25, -0.2) is 4.79 Å². The summed E-state index contributed by atoms with van der Waals surface area (Å²) in [7, 11) is 0. The van der Waals surface area contributed by atoms with Crippen LogP contribution in [0.3, 0.4) is 0 Å². The molecule has 2 N–H and O–H groups in total. The standard InChI is InChI=1S/C14H22N2O3/c1-3-5-8-12(4-2)19-13(17)11-7-6-9-16(10-11)14(15)18/h1,11-12H,4-10H2,2H3,(H2,15,18)/t11-,12-/m1/s1. The molecule has 2 amide bonds. The van der Waals surface area contributed by atoms with Crippen molar-refractivity contribution in [3.8, 4) is 12.3 Å². The number of carbonyl (C=O) groups excluding carboxylic acids is 2. The topological polar surface area (TPSA) is 72.6 Å². The van der Waals surface area contributed by atoms with Crippen LogP contribution in [0.1, 0.15) is 39.0 Å². The Morgan fingerprint density at radius 1 is 1.58 bits per heavy atom. The number of urea groups is 1. The molecule has 1 aliphatic heterocycles. The Bertz CT molecular complexity index is 362. The summed E-state index contributed by atoms with van der Waals surface area (Å²) in [6.07, 6.45) is 8.64.